The van der Waals surface area contributed by atoms with Gasteiger partial charge in [0.1, 0.15) is 5.82 Å². The number of nitrogens with one attached hydrogen (secondary N) is 1. The van der Waals surface area contributed by atoms with Gasteiger partial charge in [0.2, 0.25) is 0 Å². The van der Waals surface area contributed by atoms with Crippen molar-refractivity contribution in [3.05, 3.63) is 34.6 Å². The van der Waals surface area contributed by atoms with Crippen molar-refractivity contribution in [3.63, 3.8) is 0 Å². The molecule has 0 bridgehead atoms. The molecule has 116 valence electrons. The molecule has 21 heavy (non-hydrogen) atoms. The highest BCUT2D eigenvalue weighted by Gasteiger charge is 2.21. The lowest BCUT2D eigenvalue weighted by atomic mass is 10.2. The Morgan fingerprint density at radius 1 is 1.38 bits per heavy atom. The molecule has 2 rings (SSSR count). The fourth-order valence-corrected chi connectivity index (χ4v) is 2.68. The largest absolute Gasteiger partial charge is 0.350 e. The molecule has 1 atom stereocenters. The molecule has 0 aromatic heterocycles. The summed E-state index contributed by atoms with van der Waals surface area (Å²) in [6, 6.07) is 4.46. The van der Waals surface area contributed by atoms with Crippen molar-refractivity contribution in [1.29, 1.82) is 0 Å². The minimum Gasteiger partial charge on any atom is -0.350 e. The number of carbonyl (C=O) groups excluding carboxylic acids is 1. The maximum absolute atomic E-state index is 13.7. The molecule has 0 saturated carbocycles. The van der Waals surface area contributed by atoms with Crippen LogP contribution in [0.1, 0.15) is 17.3 Å². The van der Waals surface area contributed by atoms with Crippen LogP contribution < -0.4 is 5.32 Å². The normalized spacial score (nSPS) is 18.5. The number of amides is 1. The standard InChI is InChI=1S/C15H21ClFN3O/c1-11(20-8-6-19(2)7-9-20)10-18-15(21)14-12(16)4-3-5-13(14)17/h3-5,11H,6-10H2,1-2H3,(H,18,21). The Kier molecular flexibility index (Phi) is 5.56. The van der Waals surface area contributed by atoms with Gasteiger partial charge < -0.3 is 10.2 Å². The summed E-state index contributed by atoms with van der Waals surface area (Å²) < 4.78 is 13.7. The smallest absolute Gasteiger partial charge is 0.255 e. The second-order valence-corrected chi connectivity index (χ2v) is 5.90. The van der Waals surface area contributed by atoms with Crippen molar-refractivity contribution in [2.75, 3.05) is 39.8 Å². The van der Waals surface area contributed by atoms with Crippen LogP contribution in [0.25, 0.3) is 0 Å². The molecule has 1 aliphatic rings. The van der Waals surface area contributed by atoms with E-state index in [1.807, 2.05) is 0 Å². The van der Waals surface area contributed by atoms with E-state index in [1.165, 1.54) is 18.2 Å². The number of carbonyl (C=O) groups is 1. The first kappa shape index (κ1) is 16.2. The zero-order chi connectivity index (χ0) is 15.4. The maximum atomic E-state index is 13.7. The third kappa shape index (κ3) is 4.15. The highest BCUT2D eigenvalue weighted by molar-refractivity contribution is 6.33. The van der Waals surface area contributed by atoms with Crippen LogP contribution in [0, 0.1) is 5.82 Å². The molecule has 4 nitrogen and oxygen atoms in total. The molecular formula is C15H21ClFN3O. The number of halogens is 2. The van der Waals surface area contributed by atoms with Crippen molar-refractivity contribution < 1.29 is 9.18 Å². The van der Waals surface area contributed by atoms with E-state index in [9.17, 15) is 9.18 Å². The average molecular weight is 314 g/mol. The third-order valence-electron chi connectivity index (χ3n) is 3.91. The molecule has 1 saturated heterocycles. The molecule has 1 unspecified atom stereocenters. The molecule has 1 aliphatic heterocycles. The summed E-state index contributed by atoms with van der Waals surface area (Å²) in [7, 11) is 2.10. The summed E-state index contributed by atoms with van der Waals surface area (Å²) in [6.45, 7) is 6.55. The number of benzene rings is 1. The minimum absolute atomic E-state index is 0.0789. The Labute approximate surface area is 129 Å². The molecule has 0 aliphatic carbocycles. The van der Waals surface area contributed by atoms with Gasteiger partial charge in [-0.3, -0.25) is 9.69 Å². The molecule has 1 aromatic rings. The fourth-order valence-electron chi connectivity index (χ4n) is 2.44. The van der Waals surface area contributed by atoms with Crippen LogP contribution in [-0.2, 0) is 0 Å². The molecular weight excluding hydrogens is 293 g/mol. The maximum Gasteiger partial charge on any atom is 0.255 e. The van der Waals surface area contributed by atoms with Crippen molar-refractivity contribution in [2.24, 2.45) is 0 Å². The van der Waals surface area contributed by atoms with Gasteiger partial charge in [0, 0.05) is 38.8 Å². The zero-order valence-electron chi connectivity index (χ0n) is 12.4. The number of piperazine rings is 1. The van der Waals surface area contributed by atoms with E-state index < -0.39 is 11.7 Å². The average Bonchev–Trinajstić information content (AvgIpc) is 2.45. The molecule has 1 fully saturated rings. The Hall–Kier alpha value is -1.17. The third-order valence-corrected chi connectivity index (χ3v) is 4.22. The summed E-state index contributed by atoms with van der Waals surface area (Å²) in [6.07, 6.45) is 0. The lowest BCUT2D eigenvalue weighted by Crippen LogP contribution is -2.51. The lowest BCUT2D eigenvalue weighted by Gasteiger charge is -2.36. The molecule has 1 aromatic carbocycles. The second-order valence-electron chi connectivity index (χ2n) is 5.49. The lowest BCUT2D eigenvalue weighted by molar-refractivity contribution is 0.0900. The molecule has 6 heteroatoms. The minimum atomic E-state index is -0.591. The summed E-state index contributed by atoms with van der Waals surface area (Å²) in [5.41, 5.74) is -0.0789. The quantitative estimate of drug-likeness (QED) is 0.921. The fraction of sp³-hybridized carbons (Fsp3) is 0.533. The molecule has 1 N–H and O–H groups in total. The van der Waals surface area contributed by atoms with Crippen molar-refractivity contribution in [1.82, 2.24) is 15.1 Å². The van der Waals surface area contributed by atoms with Crippen molar-refractivity contribution in [3.8, 4) is 0 Å². The Balaban J connectivity index is 1.89. The van der Waals surface area contributed by atoms with E-state index in [1.54, 1.807) is 0 Å². The van der Waals surface area contributed by atoms with Gasteiger partial charge in [-0.1, -0.05) is 17.7 Å². The van der Waals surface area contributed by atoms with Gasteiger partial charge in [0.25, 0.3) is 5.91 Å². The molecule has 0 spiro atoms. The van der Waals surface area contributed by atoms with Gasteiger partial charge in [0.15, 0.2) is 0 Å². The van der Waals surface area contributed by atoms with Gasteiger partial charge in [-0.05, 0) is 26.1 Å². The topological polar surface area (TPSA) is 35.6 Å². The van der Waals surface area contributed by atoms with Gasteiger partial charge in [0.05, 0.1) is 10.6 Å². The number of nitrogens with zero attached hydrogens (tertiary/aromatic N) is 2. The number of rotatable bonds is 4. The van der Waals surface area contributed by atoms with Gasteiger partial charge >= 0.3 is 0 Å². The monoisotopic (exact) mass is 313 g/mol. The number of hydrogen-bond acceptors (Lipinski definition) is 3. The highest BCUT2D eigenvalue weighted by atomic mass is 35.5. The van der Waals surface area contributed by atoms with E-state index >= 15 is 0 Å². The highest BCUT2D eigenvalue weighted by Crippen LogP contribution is 2.18. The predicted molar refractivity (Wildman–Crippen MR) is 82.3 cm³/mol. The summed E-state index contributed by atoms with van der Waals surface area (Å²) in [4.78, 5) is 16.7. The van der Waals surface area contributed by atoms with E-state index in [0.717, 1.165) is 26.2 Å². The van der Waals surface area contributed by atoms with Crippen LogP contribution in [0.5, 0.6) is 0 Å². The first-order valence-electron chi connectivity index (χ1n) is 7.14. The second kappa shape index (κ2) is 7.20. The predicted octanol–water partition coefficient (Wildman–Crippen LogP) is 1.84. The molecule has 1 amide bonds. The Morgan fingerprint density at radius 2 is 2.05 bits per heavy atom. The van der Waals surface area contributed by atoms with E-state index in [4.69, 9.17) is 11.6 Å². The van der Waals surface area contributed by atoms with Crippen LogP contribution in [0.15, 0.2) is 18.2 Å². The zero-order valence-corrected chi connectivity index (χ0v) is 13.2. The Morgan fingerprint density at radius 3 is 2.67 bits per heavy atom. The Bertz CT molecular complexity index is 483. The number of likely N-dealkylation sites (N-methyl/N-ethyl adjacent to an activating group) is 1. The van der Waals surface area contributed by atoms with Crippen molar-refractivity contribution >= 4 is 17.5 Å². The van der Waals surface area contributed by atoms with Crippen molar-refractivity contribution in [2.45, 2.75) is 13.0 Å². The van der Waals surface area contributed by atoms with Gasteiger partial charge in [-0.2, -0.15) is 0 Å². The van der Waals surface area contributed by atoms with Crippen LogP contribution in [0.4, 0.5) is 4.39 Å². The van der Waals surface area contributed by atoms with Crippen LogP contribution in [0.3, 0.4) is 0 Å². The van der Waals surface area contributed by atoms with Gasteiger partial charge in [-0.25, -0.2) is 4.39 Å². The summed E-state index contributed by atoms with van der Waals surface area (Å²) >= 11 is 5.89. The van der Waals surface area contributed by atoms with E-state index in [2.05, 4.69) is 29.1 Å². The van der Waals surface area contributed by atoms with Gasteiger partial charge in [-0.15, -0.1) is 0 Å². The molecule has 1 heterocycles. The first-order valence-corrected chi connectivity index (χ1v) is 7.51. The first-order chi connectivity index (χ1) is 9.99. The SMILES string of the molecule is CC(CNC(=O)c1c(F)cccc1Cl)N1CCN(C)CC1. The summed E-state index contributed by atoms with van der Waals surface area (Å²) in [5.74, 6) is -1.05. The van der Waals surface area contributed by atoms with Crippen LogP contribution in [0.2, 0.25) is 5.02 Å². The van der Waals surface area contributed by atoms with E-state index in [0.29, 0.717) is 6.54 Å². The van der Waals surface area contributed by atoms with Crippen LogP contribution >= 0.6 is 11.6 Å². The summed E-state index contributed by atoms with van der Waals surface area (Å²) in [5, 5.41) is 2.91. The molecule has 0 radical (unpaired) electrons. The number of hydrogen-bond donors (Lipinski definition) is 1. The van der Waals surface area contributed by atoms with Crippen LogP contribution in [-0.4, -0.2) is 61.5 Å². The van der Waals surface area contributed by atoms with E-state index in [-0.39, 0.29) is 16.6 Å².